The maximum absolute atomic E-state index is 11.9. The number of sulfonamides is 1. The van der Waals surface area contributed by atoms with E-state index in [4.69, 9.17) is 22.5 Å². The van der Waals surface area contributed by atoms with Gasteiger partial charge in [-0.2, -0.15) is 0 Å². The molecule has 9 nitrogen and oxygen atoms in total. The van der Waals surface area contributed by atoms with Crippen molar-refractivity contribution in [3.05, 3.63) is 69.9 Å². The van der Waals surface area contributed by atoms with Gasteiger partial charge in [0.15, 0.2) is 0 Å². The van der Waals surface area contributed by atoms with E-state index in [1.54, 1.807) is 41.2 Å². The van der Waals surface area contributed by atoms with E-state index < -0.39 is 33.5 Å². The van der Waals surface area contributed by atoms with Crippen LogP contribution in [-0.4, -0.2) is 40.5 Å². The topological polar surface area (TPSA) is 156 Å². The number of nitrogens with zero attached hydrogens (tertiary/aromatic N) is 3. The Morgan fingerprint density at radius 2 is 2.06 bits per heavy atom. The number of pyridine rings is 1. The summed E-state index contributed by atoms with van der Waals surface area (Å²) in [4.78, 5) is 9.61. The largest absolute Gasteiger partial charge is 0.393 e. The molecule has 1 aliphatic rings. The molecule has 6 N–H and O–H groups in total. The average Bonchev–Trinajstić information content (AvgIpc) is 3.53. The summed E-state index contributed by atoms with van der Waals surface area (Å²) in [6.45, 7) is 1.14. The molecule has 1 aliphatic carbocycles. The highest BCUT2D eigenvalue weighted by atomic mass is 35.5. The minimum Gasteiger partial charge on any atom is -0.393 e. The summed E-state index contributed by atoms with van der Waals surface area (Å²) in [5, 5.41) is 26.1. The van der Waals surface area contributed by atoms with Crippen LogP contribution in [0.15, 0.2) is 48.8 Å². The van der Waals surface area contributed by atoms with Crippen LogP contribution in [0.5, 0.6) is 0 Å². The van der Waals surface area contributed by atoms with Crippen LogP contribution in [0.2, 0.25) is 5.02 Å². The molecule has 3 aromatic heterocycles. The van der Waals surface area contributed by atoms with Gasteiger partial charge in [-0.25, -0.2) is 18.1 Å². The Morgan fingerprint density at radius 3 is 2.75 bits per heavy atom. The van der Waals surface area contributed by atoms with Gasteiger partial charge >= 0.3 is 5.95 Å². The molecule has 1 aromatic carbocycles. The Hall–Kier alpha value is -2.67. The van der Waals surface area contributed by atoms with E-state index in [1.165, 1.54) is 6.20 Å². The number of halogens is 1. The highest BCUT2D eigenvalue weighted by Gasteiger charge is 2.51. The number of aromatic nitrogens is 3. The number of nitrogens with two attached hydrogens (primary N) is 2. The molecule has 0 saturated heterocycles. The zero-order valence-corrected chi connectivity index (χ0v) is 21.7. The Kier molecular flexibility index (Phi) is 6.26. The number of anilines is 1. The molecule has 0 amide bonds. The number of aliphatic hydroxyl groups is 2. The Labute approximate surface area is 217 Å². The zero-order valence-electron chi connectivity index (χ0n) is 19.3. The maximum Gasteiger partial charge on any atom is 0.389 e. The van der Waals surface area contributed by atoms with Crippen molar-refractivity contribution >= 4 is 49.0 Å². The summed E-state index contributed by atoms with van der Waals surface area (Å²) in [5.41, 5.74) is 7.57. The molecule has 0 spiro atoms. The normalized spacial score (nSPS) is 19.4. The summed E-state index contributed by atoms with van der Waals surface area (Å²) < 4.78 is 26.4. The minimum absolute atomic E-state index is 0.185. The van der Waals surface area contributed by atoms with Gasteiger partial charge in [-0.3, -0.25) is 10.7 Å². The van der Waals surface area contributed by atoms with Gasteiger partial charge in [-0.1, -0.05) is 34.8 Å². The second-order valence-electron chi connectivity index (χ2n) is 9.19. The first-order valence-electron chi connectivity index (χ1n) is 11.2. The standard InChI is InChI=1S/C24H24ClN5O4S2/c1-24(32,12-31)14-5-6-28-18(8-14)16-4-2-3-13-7-15(35-22(13)16)9-19-17(25)11-29-23(26)30(19)20-10-21(20)36(27,33)34/h2-8,11,20-21,26,31-32H,9-10,12H2,1H3,(H2,27,33,34)/p+1/t20?,21?,24-/m0/s1. The summed E-state index contributed by atoms with van der Waals surface area (Å²) in [6, 6.07) is 11.0. The van der Waals surface area contributed by atoms with Crippen molar-refractivity contribution in [2.75, 3.05) is 12.3 Å². The lowest BCUT2D eigenvalue weighted by atomic mass is 9.96. The molecule has 0 radical (unpaired) electrons. The lowest BCUT2D eigenvalue weighted by Gasteiger charge is -2.21. The van der Waals surface area contributed by atoms with Gasteiger partial charge in [0.25, 0.3) is 0 Å². The van der Waals surface area contributed by atoms with E-state index in [1.807, 2.05) is 18.2 Å². The van der Waals surface area contributed by atoms with Crippen LogP contribution in [-0.2, 0) is 22.0 Å². The number of aliphatic hydroxyl groups excluding tert-OH is 1. The van der Waals surface area contributed by atoms with Crippen LogP contribution in [0.3, 0.4) is 0 Å². The first-order valence-corrected chi connectivity index (χ1v) is 14.0. The van der Waals surface area contributed by atoms with Gasteiger partial charge in [0, 0.05) is 34.2 Å². The summed E-state index contributed by atoms with van der Waals surface area (Å²) >= 11 is 8.08. The minimum atomic E-state index is -3.70. The quantitative estimate of drug-likeness (QED) is 0.259. The number of benzene rings is 1. The molecule has 5 rings (SSSR count). The smallest absolute Gasteiger partial charge is 0.389 e. The summed E-state index contributed by atoms with van der Waals surface area (Å²) in [5.74, 6) is 0.185. The van der Waals surface area contributed by atoms with Crippen molar-refractivity contribution < 1.29 is 23.2 Å². The highest BCUT2D eigenvalue weighted by molar-refractivity contribution is 7.90. The molecule has 0 aliphatic heterocycles. The molecular formula is C24H25ClN5O4S2+. The van der Waals surface area contributed by atoms with Crippen molar-refractivity contribution in [1.82, 2.24) is 9.97 Å². The van der Waals surface area contributed by atoms with E-state index in [9.17, 15) is 18.6 Å². The molecule has 0 bridgehead atoms. The molecule has 1 saturated carbocycles. The maximum atomic E-state index is 11.9. The fourth-order valence-electron chi connectivity index (χ4n) is 4.41. The van der Waals surface area contributed by atoms with Crippen molar-refractivity contribution in [2.45, 2.75) is 36.7 Å². The van der Waals surface area contributed by atoms with E-state index >= 15 is 0 Å². The highest BCUT2D eigenvalue weighted by Crippen LogP contribution is 2.40. The Morgan fingerprint density at radius 1 is 1.28 bits per heavy atom. The fraction of sp³-hybridized carbons (Fsp3) is 0.292. The van der Waals surface area contributed by atoms with Crippen LogP contribution in [0, 0.1) is 0 Å². The fourth-order valence-corrected chi connectivity index (χ4v) is 6.83. The molecular weight excluding hydrogens is 522 g/mol. The van der Waals surface area contributed by atoms with Crippen molar-refractivity contribution in [1.29, 1.82) is 0 Å². The van der Waals surface area contributed by atoms with Crippen LogP contribution >= 0.6 is 22.9 Å². The molecule has 1 fully saturated rings. The van der Waals surface area contributed by atoms with Gasteiger partial charge in [-0.05, 0) is 36.1 Å². The zero-order chi connectivity index (χ0) is 25.8. The third-order valence-corrected chi connectivity index (χ3v) is 9.33. The molecule has 188 valence electrons. The summed E-state index contributed by atoms with van der Waals surface area (Å²) in [7, 11) is -3.70. The third-order valence-electron chi connectivity index (χ3n) is 6.48. The lowest BCUT2D eigenvalue weighted by molar-refractivity contribution is -0.695. The second kappa shape index (κ2) is 9.02. The van der Waals surface area contributed by atoms with Crippen LogP contribution in [0.4, 0.5) is 5.95 Å². The van der Waals surface area contributed by atoms with E-state index in [0.717, 1.165) is 20.5 Å². The molecule has 3 heterocycles. The Balaban J connectivity index is 1.55. The van der Waals surface area contributed by atoms with Gasteiger partial charge in [0.2, 0.25) is 10.0 Å². The summed E-state index contributed by atoms with van der Waals surface area (Å²) in [6.07, 6.45) is 3.87. The van der Waals surface area contributed by atoms with Crippen molar-refractivity contribution in [2.24, 2.45) is 5.14 Å². The van der Waals surface area contributed by atoms with Crippen LogP contribution < -0.4 is 15.4 Å². The van der Waals surface area contributed by atoms with E-state index in [-0.39, 0.29) is 5.95 Å². The molecule has 3 atom stereocenters. The SMILES string of the molecule is C[C@](O)(CO)c1ccnc(-c2cccc3cc(Cc4c(Cl)cnc(N)[n+]4C4CC4S(N)(=O)=O)sc23)c1. The second-order valence-corrected chi connectivity index (χ2v) is 12.5. The number of hydrogen-bond donors (Lipinski definition) is 4. The number of primary sulfonamides is 1. The number of hydrogen-bond acceptors (Lipinski definition) is 8. The first kappa shape index (κ1) is 25.0. The molecule has 36 heavy (non-hydrogen) atoms. The predicted molar refractivity (Wildman–Crippen MR) is 139 cm³/mol. The number of nitrogen functional groups attached to an aromatic ring is 1. The van der Waals surface area contributed by atoms with E-state index in [0.29, 0.717) is 34.8 Å². The van der Waals surface area contributed by atoms with Crippen LogP contribution in [0.25, 0.3) is 21.3 Å². The predicted octanol–water partition coefficient (Wildman–Crippen LogP) is 2.27. The number of rotatable bonds is 7. The molecule has 12 heteroatoms. The van der Waals surface area contributed by atoms with Crippen LogP contribution in [0.1, 0.15) is 35.5 Å². The average molecular weight is 547 g/mol. The Bertz CT molecular complexity index is 1590. The lowest BCUT2D eigenvalue weighted by Crippen LogP contribution is -2.44. The van der Waals surface area contributed by atoms with Gasteiger partial charge in [-0.15, -0.1) is 11.3 Å². The van der Waals surface area contributed by atoms with Gasteiger partial charge in [0.1, 0.15) is 33.8 Å². The monoisotopic (exact) mass is 546 g/mol. The van der Waals surface area contributed by atoms with Crippen molar-refractivity contribution in [3.63, 3.8) is 0 Å². The van der Waals surface area contributed by atoms with E-state index in [2.05, 4.69) is 16.0 Å². The molecule has 4 aromatic rings. The third kappa shape index (κ3) is 4.58. The first-order chi connectivity index (χ1) is 17.0. The van der Waals surface area contributed by atoms with Crippen molar-refractivity contribution in [3.8, 4) is 11.3 Å². The number of fused-ring (bicyclic) bond motifs is 1. The van der Waals surface area contributed by atoms with Gasteiger partial charge < -0.3 is 10.2 Å². The number of thiophene rings is 1. The molecule has 2 unspecified atom stereocenters. The van der Waals surface area contributed by atoms with Gasteiger partial charge in [0.05, 0.1) is 12.3 Å².